The number of rotatable bonds is 7. The summed E-state index contributed by atoms with van der Waals surface area (Å²) in [5.41, 5.74) is 3.05. The summed E-state index contributed by atoms with van der Waals surface area (Å²) < 4.78 is 16.3. The van der Waals surface area contributed by atoms with Crippen molar-refractivity contribution in [2.45, 2.75) is 77.5 Å². The second-order valence-corrected chi connectivity index (χ2v) is 10.7. The summed E-state index contributed by atoms with van der Waals surface area (Å²) in [6.45, 7) is 10.6. The Morgan fingerprint density at radius 3 is 1.86 bits per heavy atom. The molecule has 0 aromatic heterocycles. The third kappa shape index (κ3) is 7.31. The molecule has 0 heterocycles. The normalized spacial score (nSPS) is 13.9. The highest BCUT2D eigenvalue weighted by atomic mass is 16.6. The van der Waals surface area contributed by atoms with Gasteiger partial charge < -0.3 is 19.5 Å². The van der Waals surface area contributed by atoms with Crippen LogP contribution in [0.4, 0.5) is 4.79 Å². The van der Waals surface area contributed by atoms with E-state index in [1.165, 1.54) is 0 Å². The summed E-state index contributed by atoms with van der Waals surface area (Å²) in [7, 11) is 0. The predicted octanol–water partition coefficient (Wildman–Crippen LogP) is 5.36. The van der Waals surface area contributed by atoms with Gasteiger partial charge in [0.05, 0.1) is 0 Å². The highest BCUT2D eigenvalue weighted by Crippen LogP contribution is 2.44. The number of fused-ring (bicyclic) bond motifs is 3. The van der Waals surface area contributed by atoms with Crippen molar-refractivity contribution in [3.8, 4) is 11.1 Å². The maximum atomic E-state index is 13.1. The Labute approximate surface area is 207 Å². The maximum absolute atomic E-state index is 13.1. The molecule has 1 atom stereocenters. The first-order valence-corrected chi connectivity index (χ1v) is 11.9. The Morgan fingerprint density at radius 1 is 0.829 bits per heavy atom. The first kappa shape index (κ1) is 26.3. The van der Waals surface area contributed by atoms with Gasteiger partial charge in [-0.05, 0) is 70.2 Å². The topological polar surface area (TPSA) is 90.9 Å². The van der Waals surface area contributed by atoms with Gasteiger partial charge in [0.1, 0.15) is 23.9 Å². The molecule has 7 heteroatoms. The first-order valence-electron chi connectivity index (χ1n) is 11.9. The van der Waals surface area contributed by atoms with Gasteiger partial charge in [-0.25, -0.2) is 9.59 Å². The molecule has 188 valence electrons. The molecule has 3 rings (SSSR count). The predicted molar refractivity (Wildman–Crippen MR) is 133 cm³/mol. The molecule has 2 aromatic rings. The highest BCUT2D eigenvalue weighted by Gasteiger charge is 2.32. The van der Waals surface area contributed by atoms with Crippen molar-refractivity contribution < 1.29 is 28.6 Å². The molecule has 1 aliphatic carbocycles. The van der Waals surface area contributed by atoms with Gasteiger partial charge in [-0.15, -0.1) is 0 Å². The molecule has 0 radical (unpaired) electrons. The van der Waals surface area contributed by atoms with E-state index in [-0.39, 0.29) is 25.4 Å². The zero-order valence-electron chi connectivity index (χ0n) is 21.3. The molecular formula is C28H35NO6. The van der Waals surface area contributed by atoms with E-state index in [0.29, 0.717) is 0 Å². The van der Waals surface area contributed by atoms with Gasteiger partial charge in [0.15, 0.2) is 0 Å². The van der Waals surface area contributed by atoms with Crippen LogP contribution in [0.25, 0.3) is 11.1 Å². The van der Waals surface area contributed by atoms with E-state index in [1.807, 2.05) is 36.4 Å². The SMILES string of the molecule is CC(C)(C)OC(=O)CCC(NC(=O)OC(C)(C)C)C(=O)OCC1c2ccccc2-c2ccccc21. The number of amides is 1. The molecule has 7 nitrogen and oxygen atoms in total. The lowest BCUT2D eigenvalue weighted by molar-refractivity contribution is -0.155. The second kappa shape index (κ2) is 10.5. The molecule has 1 unspecified atom stereocenters. The Balaban J connectivity index is 1.71. The summed E-state index contributed by atoms with van der Waals surface area (Å²) in [6, 6.07) is 15.0. The molecule has 0 spiro atoms. The van der Waals surface area contributed by atoms with Gasteiger partial charge in [0.2, 0.25) is 0 Å². The van der Waals surface area contributed by atoms with E-state index in [2.05, 4.69) is 17.4 Å². The van der Waals surface area contributed by atoms with Crippen LogP contribution in [0.15, 0.2) is 48.5 Å². The molecule has 0 fully saturated rings. The third-order valence-electron chi connectivity index (χ3n) is 5.39. The minimum absolute atomic E-state index is 0.0326. The molecule has 1 aliphatic rings. The van der Waals surface area contributed by atoms with Gasteiger partial charge in [0.25, 0.3) is 0 Å². The smallest absolute Gasteiger partial charge is 0.408 e. The minimum Gasteiger partial charge on any atom is -0.463 e. The van der Waals surface area contributed by atoms with Crippen LogP contribution in [-0.4, -0.2) is 41.9 Å². The average Bonchev–Trinajstić information content (AvgIpc) is 3.06. The lowest BCUT2D eigenvalue weighted by Crippen LogP contribution is -2.45. The Bertz CT molecular complexity index is 1030. The van der Waals surface area contributed by atoms with Crippen LogP contribution in [0.2, 0.25) is 0 Å². The number of alkyl carbamates (subject to hydrolysis) is 1. The zero-order chi connectivity index (χ0) is 25.8. The van der Waals surface area contributed by atoms with Gasteiger partial charge in [-0.2, -0.15) is 0 Å². The molecule has 0 saturated carbocycles. The molecule has 2 aromatic carbocycles. The largest absolute Gasteiger partial charge is 0.463 e. The minimum atomic E-state index is -1.05. The molecule has 0 bridgehead atoms. The van der Waals surface area contributed by atoms with Crippen molar-refractivity contribution >= 4 is 18.0 Å². The van der Waals surface area contributed by atoms with Gasteiger partial charge in [-0.3, -0.25) is 4.79 Å². The van der Waals surface area contributed by atoms with E-state index >= 15 is 0 Å². The van der Waals surface area contributed by atoms with Crippen molar-refractivity contribution in [2.24, 2.45) is 0 Å². The second-order valence-electron chi connectivity index (χ2n) is 10.7. The van der Waals surface area contributed by atoms with Gasteiger partial charge in [0, 0.05) is 12.3 Å². The summed E-state index contributed by atoms with van der Waals surface area (Å²) in [6.07, 6.45) is -0.771. The number of hydrogen-bond donors (Lipinski definition) is 1. The van der Waals surface area contributed by atoms with Crippen molar-refractivity contribution in [3.63, 3.8) is 0 Å². The van der Waals surface area contributed by atoms with E-state index in [4.69, 9.17) is 14.2 Å². The zero-order valence-corrected chi connectivity index (χ0v) is 21.3. The number of hydrogen-bond acceptors (Lipinski definition) is 6. The standard InChI is InChI=1S/C28H35NO6/c1-27(2,3)34-24(30)16-15-23(29-26(32)35-28(4,5)6)25(31)33-17-22-20-13-9-7-11-18(20)19-12-8-10-14-21(19)22/h7-14,22-23H,15-17H2,1-6H3,(H,29,32). The van der Waals surface area contributed by atoms with Crippen molar-refractivity contribution in [2.75, 3.05) is 6.61 Å². The third-order valence-corrected chi connectivity index (χ3v) is 5.39. The number of carbonyl (C=O) groups is 3. The molecular weight excluding hydrogens is 446 g/mol. The summed E-state index contributed by atoms with van der Waals surface area (Å²) in [4.78, 5) is 37.7. The number of carbonyl (C=O) groups excluding carboxylic acids is 3. The Kier molecular flexibility index (Phi) is 7.88. The number of ether oxygens (including phenoxy) is 3. The van der Waals surface area contributed by atoms with Crippen LogP contribution in [0.5, 0.6) is 0 Å². The first-order chi connectivity index (χ1) is 16.3. The van der Waals surface area contributed by atoms with E-state index in [9.17, 15) is 14.4 Å². The van der Waals surface area contributed by atoms with Crippen LogP contribution < -0.4 is 5.32 Å². The monoisotopic (exact) mass is 481 g/mol. The van der Waals surface area contributed by atoms with E-state index in [1.54, 1.807) is 41.5 Å². The molecule has 1 amide bonds. The van der Waals surface area contributed by atoms with Crippen LogP contribution >= 0.6 is 0 Å². The Hall–Kier alpha value is -3.35. The molecule has 1 N–H and O–H groups in total. The van der Waals surface area contributed by atoms with Crippen LogP contribution in [0, 0.1) is 0 Å². The van der Waals surface area contributed by atoms with Crippen molar-refractivity contribution in [1.29, 1.82) is 0 Å². The fourth-order valence-electron chi connectivity index (χ4n) is 4.06. The number of esters is 2. The van der Waals surface area contributed by atoms with Crippen LogP contribution in [0.3, 0.4) is 0 Å². The number of nitrogens with one attached hydrogen (secondary N) is 1. The lowest BCUT2D eigenvalue weighted by Gasteiger charge is -2.24. The van der Waals surface area contributed by atoms with Crippen molar-refractivity contribution in [1.82, 2.24) is 5.32 Å². The summed E-state index contributed by atoms with van der Waals surface area (Å²) in [5.74, 6) is -1.19. The number of benzene rings is 2. The molecule has 35 heavy (non-hydrogen) atoms. The average molecular weight is 482 g/mol. The molecule has 0 aliphatic heterocycles. The highest BCUT2D eigenvalue weighted by molar-refractivity contribution is 5.83. The van der Waals surface area contributed by atoms with Crippen molar-refractivity contribution in [3.05, 3.63) is 59.7 Å². The van der Waals surface area contributed by atoms with Gasteiger partial charge >= 0.3 is 18.0 Å². The summed E-state index contributed by atoms with van der Waals surface area (Å²) in [5, 5.41) is 2.56. The fraction of sp³-hybridized carbons (Fsp3) is 0.464. The maximum Gasteiger partial charge on any atom is 0.408 e. The quantitative estimate of drug-likeness (QED) is 0.423. The van der Waals surface area contributed by atoms with Crippen LogP contribution in [-0.2, 0) is 23.8 Å². The van der Waals surface area contributed by atoms with Crippen LogP contribution in [0.1, 0.15) is 71.4 Å². The fourth-order valence-corrected chi connectivity index (χ4v) is 4.06. The lowest BCUT2D eigenvalue weighted by atomic mass is 9.98. The Morgan fingerprint density at radius 2 is 1.34 bits per heavy atom. The van der Waals surface area contributed by atoms with E-state index < -0.39 is 35.3 Å². The molecule has 0 saturated heterocycles. The van der Waals surface area contributed by atoms with E-state index in [0.717, 1.165) is 22.3 Å². The van der Waals surface area contributed by atoms with Gasteiger partial charge in [-0.1, -0.05) is 48.5 Å². The summed E-state index contributed by atoms with van der Waals surface area (Å²) >= 11 is 0.